The Morgan fingerprint density at radius 1 is 1.33 bits per heavy atom. The molecule has 0 aliphatic carbocycles. The van der Waals surface area contributed by atoms with Crippen LogP contribution in [-0.4, -0.2) is 38.6 Å². The van der Waals surface area contributed by atoms with E-state index in [-0.39, 0.29) is 17.2 Å². The molecule has 1 N–H and O–H groups in total. The molecule has 0 aromatic carbocycles. The maximum absolute atomic E-state index is 12.5. The van der Waals surface area contributed by atoms with Crippen LogP contribution in [-0.2, 0) is 23.2 Å². The molecule has 1 aliphatic rings. The van der Waals surface area contributed by atoms with Crippen LogP contribution in [0.15, 0.2) is 6.07 Å². The first-order chi connectivity index (χ1) is 9.61. The standard InChI is InChI=1S/C15H24N4O2/c1-9-7-11(18(6)17-9)8-19-12(15(3,4)5)13(20)16-10(2)14(19)21/h7,10,12H,8H2,1-6H3,(H,16,20). The van der Waals surface area contributed by atoms with Gasteiger partial charge in [-0.25, -0.2) is 0 Å². The van der Waals surface area contributed by atoms with Crippen LogP contribution >= 0.6 is 0 Å². The average Bonchev–Trinajstić information content (AvgIpc) is 2.62. The number of nitrogens with one attached hydrogen (secondary N) is 1. The fourth-order valence-electron chi connectivity index (χ4n) is 2.89. The number of amides is 2. The van der Waals surface area contributed by atoms with Gasteiger partial charge in [-0.1, -0.05) is 20.8 Å². The van der Waals surface area contributed by atoms with E-state index in [9.17, 15) is 9.59 Å². The summed E-state index contributed by atoms with van der Waals surface area (Å²) in [5.41, 5.74) is 1.51. The van der Waals surface area contributed by atoms with Crippen molar-refractivity contribution in [1.82, 2.24) is 20.0 Å². The van der Waals surface area contributed by atoms with Crippen LogP contribution in [0.25, 0.3) is 0 Å². The zero-order valence-electron chi connectivity index (χ0n) is 13.6. The molecular formula is C15H24N4O2. The van der Waals surface area contributed by atoms with E-state index < -0.39 is 12.1 Å². The highest BCUT2D eigenvalue weighted by Crippen LogP contribution is 2.29. The average molecular weight is 292 g/mol. The van der Waals surface area contributed by atoms with Crippen molar-refractivity contribution >= 4 is 11.8 Å². The summed E-state index contributed by atoms with van der Waals surface area (Å²) in [6.07, 6.45) is 0. The van der Waals surface area contributed by atoms with Gasteiger partial charge in [0.15, 0.2) is 0 Å². The number of nitrogens with zero attached hydrogens (tertiary/aromatic N) is 3. The second-order valence-electron chi connectivity index (χ2n) is 6.87. The number of aryl methyl sites for hydroxylation is 2. The second kappa shape index (κ2) is 5.16. The summed E-state index contributed by atoms with van der Waals surface area (Å²) in [6, 6.07) is 0.992. The van der Waals surface area contributed by atoms with E-state index in [4.69, 9.17) is 0 Å². The molecule has 2 heterocycles. The summed E-state index contributed by atoms with van der Waals surface area (Å²) in [6.45, 7) is 9.96. The van der Waals surface area contributed by atoms with E-state index in [1.54, 1.807) is 16.5 Å². The quantitative estimate of drug-likeness (QED) is 0.884. The molecule has 2 atom stereocenters. The molecule has 116 valence electrons. The van der Waals surface area contributed by atoms with Gasteiger partial charge in [-0.05, 0) is 25.3 Å². The predicted octanol–water partition coefficient (Wildman–Crippen LogP) is 0.990. The summed E-state index contributed by atoms with van der Waals surface area (Å²) in [5.74, 6) is -0.137. The molecule has 1 aromatic heterocycles. The smallest absolute Gasteiger partial charge is 0.245 e. The van der Waals surface area contributed by atoms with E-state index in [1.807, 2.05) is 40.8 Å². The van der Waals surface area contributed by atoms with Crippen LogP contribution in [0.2, 0.25) is 0 Å². The van der Waals surface area contributed by atoms with Gasteiger partial charge in [-0.15, -0.1) is 0 Å². The lowest BCUT2D eigenvalue weighted by Gasteiger charge is -2.44. The van der Waals surface area contributed by atoms with Gasteiger partial charge >= 0.3 is 0 Å². The largest absolute Gasteiger partial charge is 0.343 e. The van der Waals surface area contributed by atoms with Crippen molar-refractivity contribution in [3.63, 3.8) is 0 Å². The summed E-state index contributed by atoms with van der Waals surface area (Å²) in [7, 11) is 1.85. The van der Waals surface area contributed by atoms with E-state index in [1.165, 1.54) is 0 Å². The van der Waals surface area contributed by atoms with Crippen molar-refractivity contribution in [2.45, 2.75) is 53.2 Å². The minimum Gasteiger partial charge on any atom is -0.343 e. The minimum absolute atomic E-state index is 0.0478. The molecule has 0 radical (unpaired) electrons. The number of carbonyl (C=O) groups excluding carboxylic acids is 2. The van der Waals surface area contributed by atoms with Gasteiger partial charge in [0.25, 0.3) is 0 Å². The molecule has 2 unspecified atom stereocenters. The third-order valence-corrected chi connectivity index (χ3v) is 3.82. The van der Waals surface area contributed by atoms with Crippen LogP contribution < -0.4 is 5.32 Å². The highest BCUT2D eigenvalue weighted by molar-refractivity contribution is 5.97. The van der Waals surface area contributed by atoms with Crippen molar-refractivity contribution in [1.29, 1.82) is 0 Å². The van der Waals surface area contributed by atoms with Crippen molar-refractivity contribution in [3.05, 3.63) is 17.5 Å². The van der Waals surface area contributed by atoms with Gasteiger partial charge in [0.05, 0.1) is 17.9 Å². The van der Waals surface area contributed by atoms with E-state index in [2.05, 4.69) is 10.4 Å². The maximum Gasteiger partial charge on any atom is 0.245 e. The fraction of sp³-hybridized carbons (Fsp3) is 0.667. The summed E-state index contributed by atoms with van der Waals surface area (Å²) >= 11 is 0. The first-order valence-corrected chi connectivity index (χ1v) is 7.21. The Hall–Kier alpha value is -1.85. The van der Waals surface area contributed by atoms with Crippen molar-refractivity contribution in [2.24, 2.45) is 12.5 Å². The number of piperazine rings is 1. The van der Waals surface area contributed by atoms with Crippen molar-refractivity contribution in [3.8, 4) is 0 Å². The monoisotopic (exact) mass is 292 g/mol. The SMILES string of the molecule is Cc1cc(CN2C(=O)C(C)NC(=O)C2C(C)(C)C)n(C)n1. The van der Waals surface area contributed by atoms with E-state index in [0.717, 1.165) is 11.4 Å². The molecule has 2 rings (SSSR count). The Labute approximate surface area is 125 Å². The van der Waals surface area contributed by atoms with Gasteiger partial charge in [-0.2, -0.15) is 5.10 Å². The van der Waals surface area contributed by atoms with Crippen LogP contribution in [0.3, 0.4) is 0 Å². The van der Waals surface area contributed by atoms with Gasteiger partial charge in [-0.3, -0.25) is 14.3 Å². The van der Waals surface area contributed by atoms with Crippen LogP contribution in [0.5, 0.6) is 0 Å². The Balaban J connectivity index is 2.37. The molecule has 1 aliphatic heterocycles. The number of aromatic nitrogens is 2. The number of rotatable bonds is 2. The van der Waals surface area contributed by atoms with E-state index >= 15 is 0 Å². The first-order valence-electron chi connectivity index (χ1n) is 7.21. The lowest BCUT2D eigenvalue weighted by atomic mass is 9.83. The summed E-state index contributed by atoms with van der Waals surface area (Å²) in [4.78, 5) is 26.6. The Kier molecular flexibility index (Phi) is 3.82. The molecule has 0 saturated carbocycles. The first kappa shape index (κ1) is 15.5. The zero-order chi connectivity index (χ0) is 15.9. The second-order valence-corrected chi connectivity index (χ2v) is 6.87. The molecule has 0 bridgehead atoms. The van der Waals surface area contributed by atoms with Gasteiger partial charge in [0.1, 0.15) is 12.1 Å². The molecule has 6 nitrogen and oxygen atoms in total. The highest BCUT2D eigenvalue weighted by Gasteiger charge is 2.44. The van der Waals surface area contributed by atoms with Gasteiger partial charge < -0.3 is 10.2 Å². The number of hydrogen-bond donors (Lipinski definition) is 1. The Bertz CT molecular complexity index is 571. The zero-order valence-corrected chi connectivity index (χ0v) is 13.6. The summed E-state index contributed by atoms with van der Waals surface area (Å²) < 4.78 is 1.76. The Morgan fingerprint density at radius 2 is 1.95 bits per heavy atom. The molecular weight excluding hydrogens is 268 g/mol. The van der Waals surface area contributed by atoms with Gasteiger partial charge in [0.2, 0.25) is 11.8 Å². The fourth-order valence-corrected chi connectivity index (χ4v) is 2.89. The van der Waals surface area contributed by atoms with E-state index in [0.29, 0.717) is 6.54 Å². The van der Waals surface area contributed by atoms with Crippen molar-refractivity contribution < 1.29 is 9.59 Å². The third-order valence-electron chi connectivity index (χ3n) is 3.82. The number of carbonyl (C=O) groups is 2. The molecule has 1 saturated heterocycles. The molecule has 2 amide bonds. The predicted molar refractivity (Wildman–Crippen MR) is 79.3 cm³/mol. The topological polar surface area (TPSA) is 67.2 Å². The molecule has 6 heteroatoms. The summed E-state index contributed by atoms with van der Waals surface area (Å²) in [5, 5.41) is 7.07. The number of hydrogen-bond acceptors (Lipinski definition) is 3. The lowest BCUT2D eigenvalue weighted by molar-refractivity contribution is -0.154. The lowest BCUT2D eigenvalue weighted by Crippen LogP contribution is -2.65. The molecule has 21 heavy (non-hydrogen) atoms. The normalized spacial score (nSPS) is 23.4. The van der Waals surface area contributed by atoms with Crippen LogP contribution in [0, 0.1) is 12.3 Å². The Morgan fingerprint density at radius 3 is 2.43 bits per heavy atom. The maximum atomic E-state index is 12.5. The van der Waals surface area contributed by atoms with Crippen molar-refractivity contribution in [2.75, 3.05) is 0 Å². The van der Waals surface area contributed by atoms with Gasteiger partial charge in [0, 0.05) is 7.05 Å². The minimum atomic E-state index is -0.481. The third kappa shape index (κ3) is 2.94. The highest BCUT2D eigenvalue weighted by atomic mass is 16.2. The van der Waals surface area contributed by atoms with Crippen LogP contribution in [0.1, 0.15) is 39.1 Å². The molecule has 1 fully saturated rings. The molecule has 0 spiro atoms. The van der Waals surface area contributed by atoms with Crippen LogP contribution in [0.4, 0.5) is 0 Å². The molecule has 1 aromatic rings.